The Bertz CT molecular complexity index is 644. The van der Waals surface area contributed by atoms with Crippen molar-refractivity contribution >= 4 is 5.91 Å². The van der Waals surface area contributed by atoms with E-state index in [1.54, 1.807) is 31.5 Å². The molecule has 0 aromatic carbocycles. The molecule has 2 aromatic rings. The Hall–Kier alpha value is -2.58. The molecule has 23 heavy (non-hydrogen) atoms. The van der Waals surface area contributed by atoms with Gasteiger partial charge in [0.2, 0.25) is 11.8 Å². The van der Waals surface area contributed by atoms with E-state index in [9.17, 15) is 18.0 Å². The highest BCUT2D eigenvalue weighted by Gasteiger charge is 2.28. The third-order valence-electron chi connectivity index (χ3n) is 2.95. The number of nitrogens with one attached hydrogen (secondary N) is 1. The molecule has 0 aliphatic heterocycles. The average molecular weight is 328 g/mol. The first-order chi connectivity index (χ1) is 10.8. The van der Waals surface area contributed by atoms with Crippen molar-refractivity contribution in [3.05, 3.63) is 42.4 Å². The molecule has 2 heterocycles. The summed E-state index contributed by atoms with van der Waals surface area (Å²) in [5, 5.41) is 6.65. The molecular formula is C14H15F3N4O2. The van der Waals surface area contributed by atoms with Gasteiger partial charge in [0.05, 0.1) is 0 Å². The molecule has 0 saturated carbocycles. The van der Waals surface area contributed by atoms with Gasteiger partial charge in [-0.2, -0.15) is 18.3 Å². The largest absolute Gasteiger partial charge is 0.468 e. The molecule has 1 N–H and O–H groups in total. The second-order valence-electron chi connectivity index (χ2n) is 4.79. The van der Waals surface area contributed by atoms with E-state index in [4.69, 9.17) is 0 Å². The quantitative estimate of drug-likeness (QED) is 0.882. The second-order valence-corrected chi connectivity index (χ2v) is 4.79. The van der Waals surface area contributed by atoms with Crippen molar-refractivity contribution < 1.29 is 22.7 Å². The predicted molar refractivity (Wildman–Crippen MR) is 74.6 cm³/mol. The van der Waals surface area contributed by atoms with Crippen LogP contribution in [0.1, 0.15) is 18.5 Å². The first-order valence-electron chi connectivity index (χ1n) is 6.76. The van der Waals surface area contributed by atoms with Crippen molar-refractivity contribution in [2.75, 3.05) is 6.61 Å². The fraction of sp³-hybridized carbons (Fsp3) is 0.357. The zero-order valence-corrected chi connectivity index (χ0v) is 12.2. The third-order valence-corrected chi connectivity index (χ3v) is 2.95. The standard InChI is InChI=1S/C14H15F3N4O2/c1-10(21-6-2-4-20-21)13(22)19-8-11-3-5-18-12(7-11)23-9-14(15,16)17/h2-7,10H,8-9H2,1H3,(H,19,22)/t10-/m0/s1. The Kier molecular flexibility index (Phi) is 5.20. The van der Waals surface area contributed by atoms with Crippen LogP contribution < -0.4 is 10.1 Å². The zero-order valence-electron chi connectivity index (χ0n) is 12.2. The highest BCUT2D eigenvalue weighted by Crippen LogP contribution is 2.17. The highest BCUT2D eigenvalue weighted by atomic mass is 19.4. The van der Waals surface area contributed by atoms with E-state index in [-0.39, 0.29) is 18.3 Å². The van der Waals surface area contributed by atoms with E-state index in [1.165, 1.54) is 16.9 Å². The van der Waals surface area contributed by atoms with Crippen LogP contribution in [0.15, 0.2) is 36.8 Å². The molecule has 1 atom stereocenters. The predicted octanol–water partition coefficient (Wildman–Crippen LogP) is 2.10. The number of ether oxygens (including phenoxy) is 1. The number of hydrogen-bond acceptors (Lipinski definition) is 4. The number of alkyl halides is 3. The number of amides is 1. The van der Waals surface area contributed by atoms with Gasteiger partial charge in [0.25, 0.3) is 0 Å². The molecule has 1 amide bonds. The molecule has 0 bridgehead atoms. The number of carbonyl (C=O) groups excluding carboxylic acids is 1. The lowest BCUT2D eigenvalue weighted by atomic mass is 10.2. The summed E-state index contributed by atoms with van der Waals surface area (Å²) in [4.78, 5) is 15.7. The number of pyridine rings is 1. The Morgan fingerprint density at radius 1 is 1.43 bits per heavy atom. The van der Waals surface area contributed by atoms with E-state index in [2.05, 4.69) is 20.1 Å². The minimum absolute atomic E-state index is 0.144. The lowest BCUT2D eigenvalue weighted by Crippen LogP contribution is -2.30. The summed E-state index contributed by atoms with van der Waals surface area (Å²) in [6, 6.07) is 4.15. The molecule has 2 aromatic heterocycles. The Labute approximate surface area is 130 Å². The molecule has 0 fully saturated rings. The van der Waals surface area contributed by atoms with Gasteiger partial charge in [-0.3, -0.25) is 9.48 Å². The lowest BCUT2D eigenvalue weighted by Gasteiger charge is -2.13. The number of halogens is 3. The first kappa shape index (κ1) is 16.8. The summed E-state index contributed by atoms with van der Waals surface area (Å²) in [7, 11) is 0. The van der Waals surface area contributed by atoms with Crippen LogP contribution in [-0.4, -0.2) is 33.5 Å². The smallest absolute Gasteiger partial charge is 0.422 e. The summed E-state index contributed by atoms with van der Waals surface area (Å²) in [6.45, 7) is 0.425. The van der Waals surface area contributed by atoms with E-state index in [0.717, 1.165) is 0 Å². The van der Waals surface area contributed by atoms with Crippen LogP contribution in [0, 0.1) is 0 Å². The maximum absolute atomic E-state index is 12.1. The normalized spacial score (nSPS) is 12.7. The van der Waals surface area contributed by atoms with E-state index in [1.807, 2.05) is 0 Å². The fourth-order valence-electron chi connectivity index (χ4n) is 1.76. The minimum atomic E-state index is -4.43. The van der Waals surface area contributed by atoms with Gasteiger partial charge >= 0.3 is 6.18 Å². The third kappa shape index (κ3) is 5.28. The van der Waals surface area contributed by atoms with Crippen LogP contribution in [-0.2, 0) is 11.3 Å². The summed E-state index contributed by atoms with van der Waals surface area (Å²) in [5.41, 5.74) is 0.582. The number of rotatable bonds is 6. The second kappa shape index (κ2) is 7.12. The number of hydrogen-bond donors (Lipinski definition) is 1. The van der Waals surface area contributed by atoms with E-state index >= 15 is 0 Å². The van der Waals surface area contributed by atoms with E-state index in [0.29, 0.717) is 5.56 Å². The maximum Gasteiger partial charge on any atom is 0.422 e. The molecule has 0 aliphatic rings. The van der Waals surface area contributed by atoms with Crippen LogP contribution >= 0.6 is 0 Å². The van der Waals surface area contributed by atoms with Gasteiger partial charge in [0.1, 0.15) is 6.04 Å². The average Bonchev–Trinajstić information content (AvgIpc) is 3.04. The maximum atomic E-state index is 12.1. The summed E-state index contributed by atoms with van der Waals surface area (Å²) >= 11 is 0. The van der Waals surface area contributed by atoms with Crippen molar-refractivity contribution in [1.82, 2.24) is 20.1 Å². The molecule has 9 heteroatoms. The van der Waals surface area contributed by atoms with Crippen LogP contribution in [0.2, 0.25) is 0 Å². The molecule has 0 aliphatic carbocycles. The molecule has 2 rings (SSSR count). The van der Waals surface area contributed by atoms with Crippen molar-refractivity contribution in [2.24, 2.45) is 0 Å². The Balaban J connectivity index is 1.89. The SMILES string of the molecule is C[C@@H](C(=O)NCc1ccnc(OCC(F)(F)F)c1)n1cccn1. The number of aromatic nitrogens is 3. The van der Waals surface area contributed by atoms with Gasteiger partial charge in [-0.15, -0.1) is 0 Å². The van der Waals surface area contributed by atoms with Gasteiger partial charge in [-0.05, 0) is 24.6 Å². The Morgan fingerprint density at radius 2 is 2.22 bits per heavy atom. The highest BCUT2D eigenvalue weighted by molar-refractivity contribution is 5.79. The van der Waals surface area contributed by atoms with Crippen LogP contribution in [0.4, 0.5) is 13.2 Å². The zero-order chi connectivity index (χ0) is 16.9. The van der Waals surface area contributed by atoms with Crippen LogP contribution in [0.3, 0.4) is 0 Å². The molecular weight excluding hydrogens is 313 g/mol. The van der Waals surface area contributed by atoms with Gasteiger partial charge in [0, 0.05) is 31.2 Å². The summed E-state index contributed by atoms with van der Waals surface area (Å²) < 4.78 is 42.4. The fourth-order valence-corrected chi connectivity index (χ4v) is 1.76. The molecule has 6 nitrogen and oxygen atoms in total. The van der Waals surface area contributed by atoms with Crippen LogP contribution in [0.5, 0.6) is 5.88 Å². The number of nitrogens with zero attached hydrogens (tertiary/aromatic N) is 3. The Morgan fingerprint density at radius 3 is 2.87 bits per heavy atom. The molecule has 124 valence electrons. The monoisotopic (exact) mass is 328 g/mol. The van der Waals surface area contributed by atoms with Crippen molar-refractivity contribution in [1.29, 1.82) is 0 Å². The number of carbonyl (C=O) groups is 1. The molecule has 0 spiro atoms. The van der Waals surface area contributed by atoms with Crippen molar-refractivity contribution in [3.63, 3.8) is 0 Å². The molecule has 0 radical (unpaired) electrons. The van der Waals surface area contributed by atoms with Gasteiger partial charge < -0.3 is 10.1 Å². The van der Waals surface area contributed by atoms with Crippen LogP contribution in [0.25, 0.3) is 0 Å². The first-order valence-corrected chi connectivity index (χ1v) is 6.76. The molecule has 0 saturated heterocycles. The van der Waals surface area contributed by atoms with Crippen molar-refractivity contribution in [3.8, 4) is 5.88 Å². The van der Waals surface area contributed by atoms with Crippen molar-refractivity contribution in [2.45, 2.75) is 25.7 Å². The topological polar surface area (TPSA) is 69.0 Å². The van der Waals surface area contributed by atoms with Gasteiger partial charge in [0.15, 0.2) is 6.61 Å². The van der Waals surface area contributed by atoms with Gasteiger partial charge in [-0.1, -0.05) is 0 Å². The van der Waals surface area contributed by atoms with E-state index < -0.39 is 18.8 Å². The summed E-state index contributed by atoms with van der Waals surface area (Å²) in [6.07, 6.45) is 0.131. The lowest BCUT2D eigenvalue weighted by molar-refractivity contribution is -0.154. The summed E-state index contributed by atoms with van der Waals surface area (Å²) in [5.74, 6) is -0.405. The van der Waals surface area contributed by atoms with Gasteiger partial charge in [-0.25, -0.2) is 4.98 Å². The molecule has 0 unspecified atom stereocenters. The minimum Gasteiger partial charge on any atom is -0.468 e.